The molecule has 3 heterocycles. The molecule has 0 unspecified atom stereocenters. The number of aryl methyl sites for hydroxylation is 1. The van der Waals surface area contributed by atoms with Crippen LogP contribution in [0.25, 0.3) is 22.4 Å². The van der Waals surface area contributed by atoms with Crippen LogP contribution in [0.2, 0.25) is 0 Å². The first-order valence-electron chi connectivity index (χ1n) is 11.5. The lowest BCUT2D eigenvalue weighted by Crippen LogP contribution is -2.28. The lowest BCUT2D eigenvalue weighted by atomic mass is 9.99. The van der Waals surface area contributed by atoms with Gasteiger partial charge < -0.3 is 21.5 Å². The quantitative estimate of drug-likeness (QED) is 0.286. The maximum Gasteiger partial charge on any atom is 0.280 e. The molecule has 196 valence electrons. The lowest BCUT2D eigenvalue weighted by Gasteiger charge is -2.16. The third-order valence-electron chi connectivity index (χ3n) is 5.32. The summed E-state index contributed by atoms with van der Waals surface area (Å²) in [5.41, 5.74) is 13.6. The van der Waals surface area contributed by atoms with Gasteiger partial charge in [0.05, 0.1) is 29.2 Å². The van der Waals surface area contributed by atoms with Crippen molar-refractivity contribution in [2.75, 3.05) is 12.3 Å². The minimum Gasteiger partial charge on any atom is -0.471 e. The summed E-state index contributed by atoms with van der Waals surface area (Å²) >= 11 is 0. The summed E-state index contributed by atoms with van der Waals surface area (Å²) in [6, 6.07) is 13.6. The number of nitrogens with two attached hydrogens (primary N) is 2. The van der Waals surface area contributed by atoms with Crippen molar-refractivity contribution in [2.45, 2.75) is 26.5 Å². The van der Waals surface area contributed by atoms with Crippen LogP contribution in [0, 0.1) is 12.7 Å². The number of nitrogen functional groups attached to an aromatic ring is 1. The molecule has 3 aromatic heterocycles. The van der Waals surface area contributed by atoms with Gasteiger partial charge >= 0.3 is 0 Å². The number of hydrogen-bond donors (Lipinski definition) is 3. The Hall–Kier alpha value is -4.58. The number of pyridine rings is 2. The standard InChI is InChI=1S/C26H24F3N7O2/c1-14-9-16(10-20(33-14)24(28)29)22-23(15-5-7-17(27)8-6-15)35-26(31)36-25(22)38-13-19-4-2-3-18(34-19)11-32-12-21(30)37/h2-10,24,32H,11-13H2,1H3,(H2,30,37)(H2,31,35,36). The Morgan fingerprint density at radius 1 is 1.00 bits per heavy atom. The minimum atomic E-state index is -2.81. The van der Waals surface area contributed by atoms with Gasteiger partial charge in [0.15, 0.2) is 0 Å². The molecular formula is C26H24F3N7O2. The maximum atomic E-state index is 13.6. The summed E-state index contributed by atoms with van der Waals surface area (Å²) in [6.07, 6.45) is -2.81. The maximum absolute atomic E-state index is 13.6. The molecule has 4 rings (SSSR count). The van der Waals surface area contributed by atoms with Gasteiger partial charge in [0, 0.05) is 17.8 Å². The molecule has 1 amide bonds. The summed E-state index contributed by atoms with van der Waals surface area (Å²) in [5, 5.41) is 2.88. The molecule has 0 saturated carbocycles. The molecule has 9 nitrogen and oxygen atoms in total. The molecule has 5 N–H and O–H groups in total. The number of carbonyl (C=O) groups excluding carboxylic acids is 1. The molecule has 12 heteroatoms. The van der Waals surface area contributed by atoms with Crippen LogP contribution in [0.3, 0.4) is 0 Å². The van der Waals surface area contributed by atoms with Gasteiger partial charge in [0.1, 0.15) is 18.1 Å². The van der Waals surface area contributed by atoms with Crippen LogP contribution in [0.4, 0.5) is 19.1 Å². The van der Waals surface area contributed by atoms with Crippen LogP contribution in [-0.2, 0) is 17.9 Å². The van der Waals surface area contributed by atoms with Crippen molar-refractivity contribution in [2.24, 2.45) is 5.73 Å². The zero-order valence-electron chi connectivity index (χ0n) is 20.3. The first kappa shape index (κ1) is 26.5. The number of benzene rings is 1. The van der Waals surface area contributed by atoms with Crippen LogP contribution in [0.5, 0.6) is 5.88 Å². The Kier molecular flexibility index (Phi) is 8.12. The molecule has 0 fully saturated rings. The highest BCUT2D eigenvalue weighted by Crippen LogP contribution is 2.39. The lowest BCUT2D eigenvalue weighted by molar-refractivity contribution is -0.117. The number of halogens is 3. The van der Waals surface area contributed by atoms with E-state index in [0.717, 1.165) is 0 Å². The van der Waals surface area contributed by atoms with Crippen LogP contribution in [0.1, 0.15) is 29.2 Å². The zero-order chi connectivity index (χ0) is 27.2. The summed E-state index contributed by atoms with van der Waals surface area (Å²) in [6.45, 7) is 1.86. The highest BCUT2D eigenvalue weighted by atomic mass is 19.3. The fraction of sp³-hybridized carbons (Fsp3) is 0.192. The zero-order valence-corrected chi connectivity index (χ0v) is 20.3. The van der Waals surface area contributed by atoms with E-state index < -0.39 is 23.8 Å². The Bertz CT molecular complexity index is 1450. The van der Waals surface area contributed by atoms with E-state index >= 15 is 0 Å². The number of hydrogen-bond acceptors (Lipinski definition) is 8. The van der Waals surface area contributed by atoms with E-state index in [1.54, 1.807) is 31.2 Å². The molecule has 0 aliphatic heterocycles. The molecule has 0 radical (unpaired) electrons. The molecule has 0 saturated heterocycles. The smallest absolute Gasteiger partial charge is 0.280 e. The third-order valence-corrected chi connectivity index (χ3v) is 5.32. The van der Waals surface area contributed by atoms with Gasteiger partial charge in [-0.1, -0.05) is 6.07 Å². The minimum absolute atomic E-state index is 0.00406. The second-order valence-corrected chi connectivity index (χ2v) is 8.32. The Labute approximate surface area is 216 Å². The SMILES string of the molecule is Cc1cc(-c2c(OCc3cccc(CNCC(N)=O)n3)nc(N)nc2-c2ccc(F)cc2)cc(C(F)F)n1. The van der Waals surface area contributed by atoms with E-state index in [-0.39, 0.29) is 36.2 Å². The van der Waals surface area contributed by atoms with Gasteiger partial charge in [0.2, 0.25) is 17.7 Å². The average Bonchev–Trinajstić information content (AvgIpc) is 2.87. The molecule has 38 heavy (non-hydrogen) atoms. The Balaban J connectivity index is 1.75. The van der Waals surface area contributed by atoms with Gasteiger partial charge in [-0.2, -0.15) is 4.98 Å². The predicted octanol–water partition coefficient (Wildman–Crippen LogP) is 3.72. The highest BCUT2D eigenvalue weighted by Gasteiger charge is 2.21. The predicted molar refractivity (Wildman–Crippen MR) is 134 cm³/mol. The molecule has 1 aromatic carbocycles. The van der Waals surface area contributed by atoms with E-state index in [9.17, 15) is 18.0 Å². The first-order chi connectivity index (χ1) is 18.2. The number of anilines is 1. The normalized spacial score (nSPS) is 11.1. The molecular weight excluding hydrogens is 499 g/mol. The summed E-state index contributed by atoms with van der Waals surface area (Å²) < 4.78 is 46.8. The number of alkyl halides is 2. The molecule has 0 aliphatic carbocycles. The molecule has 4 aromatic rings. The van der Waals surface area contributed by atoms with E-state index in [2.05, 4.69) is 25.3 Å². The second kappa shape index (κ2) is 11.6. The van der Waals surface area contributed by atoms with Crippen molar-refractivity contribution in [3.63, 3.8) is 0 Å². The number of aromatic nitrogens is 4. The summed E-state index contributed by atoms with van der Waals surface area (Å²) in [7, 11) is 0. The number of primary amides is 1. The van der Waals surface area contributed by atoms with Crippen LogP contribution in [0.15, 0.2) is 54.6 Å². The van der Waals surface area contributed by atoms with Gasteiger partial charge in [-0.25, -0.2) is 18.2 Å². The fourth-order valence-corrected chi connectivity index (χ4v) is 3.75. The van der Waals surface area contributed by atoms with Gasteiger partial charge in [-0.3, -0.25) is 14.8 Å². The van der Waals surface area contributed by atoms with Crippen LogP contribution < -0.4 is 21.5 Å². The van der Waals surface area contributed by atoms with Crippen LogP contribution >= 0.6 is 0 Å². The van der Waals surface area contributed by atoms with E-state index in [1.807, 2.05) is 0 Å². The third kappa shape index (κ3) is 6.59. The van der Waals surface area contributed by atoms with Crippen molar-refractivity contribution in [1.82, 2.24) is 25.3 Å². The largest absolute Gasteiger partial charge is 0.471 e. The summed E-state index contributed by atoms with van der Waals surface area (Å²) in [5.74, 6) is -1.04. The average molecular weight is 524 g/mol. The number of rotatable bonds is 10. The molecule has 0 aliphatic rings. The van der Waals surface area contributed by atoms with Crippen LogP contribution in [-0.4, -0.2) is 32.4 Å². The number of nitrogens with one attached hydrogen (secondary N) is 1. The van der Waals surface area contributed by atoms with E-state index in [0.29, 0.717) is 34.8 Å². The summed E-state index contributed by atoms with van der Waals surface area (Å²) in [4.78, 5) is 27.9. The topological polar surface area (TPSA) is 142 Å². The van der Waals surface area contributed by atoms with E-state index in [4.69, 9.17) is 16.2 Å². The number of nitrogens with zero attached hydrogens (tertiary/aromatic N) is 4. The first-order valence-corrected chi connectivity index (χ1v) is 11.5. The van der Waals surface area contributed by atoms with Crippen molar-refractivity contribution in [1.29, 1.82) is 0 Å². The van der Waals surface area contributed by atoms with Crippen molar-refractivity contribution >= 4 is 11.9 Å². The fourth-order valence-electron chi connectivity index (χ4n) is 3.75. The molecule has 0 spiro atoms. The van der Waals surface area contributed by atoms with Crippen molar-refractivity contribution in [3.8, 4) is 28.3 Å². The number of amides is 1. The van der Waals surface area contributed by atoms with Gasteiger partial charge in [-0.05, 0) is 61.0 Å². The monoisotopic (exact) mass is 523 g/mol. The number of ether oxygens (including phenoxy) is 1. The number of carbonyl (C=O) groups is 1. The van der Waals surface area contributed by atoms with Crippen molar-refractivity contribution in [3.05, 3.63) is 83.2 Å². The molecule has 0 bridgehead atoms. The van der Waals surface area contributed by atoms with Crippen molar-refractivity contribution < 1.29 is 22.7 Å². The Morgan fingerprint density at radius 2 is 1.74 bits per heavy atom. The van der Waals surface area contributed by atoms with Gasteiger partial charge in [-0.15, -0.1) is 0 Å². The second-order valence-electron chi connectivity index (χ2n) is 8.32. The van der Waals surface area contributed by atoms with Gasteiger partial charge in [0.25, 0.3) is 6.43 Å². The van der Waals surface area contributed by atoms with E-state index in [1.165, 1.54) is 30.3 Å². The Morgan fingerprint density at radius 3 is 2.45 bits per heavy atom. The highest BCUT2D eigenvalue weighted by molar-refractivity contribution is 5.85. The molecule has 0 atom stereocenters.